The Morgan fingerprint density at radius 2 is 0.760 bits per heavy atom. The lowest BCUT2D eigenvalue weighted by Gasteiger charge is -2.57. The highest BCUT2D eigenvalue weighted by atomic mass is 16.5. The lowest BCUT2D eigenvalue weighted by molar-refractivity contribution is -0.0819. The highest BCUT2D eigenvalue weighted by molar-refractivity contribution is 5.02. The van der Waals surface area contributed by atoms with Crippen molar-refractivity contribution in [2.45, 2.75) is 89.9 Å². The highest BCUT2D eigenvalue weighted by Crippen LogP contribution is 2.62. The van der Waals surface area contributed by atoms with Crippen LogP contribution >= 0.6 is 0 Å². The molecule has 0 unspecified atom stereocenters. The van der Waals surface area contributed by atoms with Gasteiger partial charge in [-0.15, -0.1) is 0 Å². The standard InChI is InChI=1S/C24H38O/c1(23-11-17-5-18(12-23)7-19(6-17)13-23)3-25-4-2-24-14-20-8-21(15-24)10-22(9-20)16-24/h17-22H,1-16H2. The Kier molecular flexibility index (Phi) is 3.66. The van der Waals surface area contributed by atoms with Crippen molar-refractivity contribution in [3.63, 3.8) is 0 Å². The van der Waals surface area contributed by atoms with Gasteiger partial charge < -0.3 is 4.74 Å². The lowest BCUT2D eigenvalue weighted by Crippen LogP contribution is -2.47. The molecule has 0 radical (unpaired) electrons. The molecule has 8 rings (SSSR count). The summed E-state index contributed by atoms with van der Waals surface area (Å²) >= 11 is 0. The van der Waals surface area contributed by atoms with E-state index < -0.39 is 0 Å². The summed E-state index contributed by atoms with van der Waals surface area (Å²) in [6.07, 6.45) is 21.5. The molecule has 0 aromatic carbocycles. The first-order chi connectivity index (χ1) is 12.2. The van der Waals surface area contributed by atoms with Gasteiger partial charge in [-0.2, -0.15) is 0 Å². The molecule has 0 amide bonds. The summed E-state index contributed by atoms with van der Waals surface area (Å²) in [5.41, 5.74) is 1.44. The van der Waals surface area contributed by atoms with Gasteiger partial charge >= 0.3 is 0 Å². The minimum absolute atomic E-state index is 0.718. The van der Waals surface area contributed by atoms with Crippen molar-refractivity contribution in [2.24, 2.45) is 46.3 Å². The van der Waals surface area contributed by atoms with Gasteiger partial charge in [0.1, 0.15) is 0 Å². The van der Waals surface area contributed by atoms with Gasteiger partial charge in [0.2, 0.25) is 0 Å². The Morgan fingerprint density at radius 1 is 0.480 bits per heavy atom. The van der Waals surface area contributed by atoms with E-state index in [9.17, 15) is 0 Å². The van der Waals surface area contributed by atoms with Crippen LogP contribution < -0.4 is 0 Å². The van der Waals surface area contributed by atoms with Crippen molar-refractivity contribution >= 4 is 0 Å². The molecule has 0 saturated heterocycles. The van der Waals surface area contributed by atoms with Crippen LogP contribution in [0.2, 0.25) is 0 Å². The van der Waals surface area contributed by atoms with Gasteiger partial charge in [0.05, 0.1) is 0 Å². The Bertz CT molecular complexity index is 404. The molecule has 0 N–H and O–H groups in total. The van der Waals surface area contributed by atoms with Gasteiger partial charge in [0.25, 0.3) is 0 Å². The van der Waals surface area contributed by atoms with Crippen LogP contribution in [-0.4, -0.2) is 13.2 Å². The molecule has 0 spiro atoms. The molecule has 0 heterocycles. The zero-order chi connectivity index (χ0) is 16.5. The van der Waals surface area contributed by atoms with Crippen LogP contribution in [0.4, 0.5) is 0 Å². The van der Waals surface area contributed by atoms with E-state index in [0.29, 0.717) is 0 Å². The molecule has 8 saturated carbocycles. The fourth-order valence-electron chi connectivity index (χ4n) is 9.87. The number of ether oxygens (including phenoxy) is 1. The molecular formula is C24H38O. The maximum Gasteiger partial charge on any atom is 0.0471 e. The molecule has 140 valence electrons. The Balaban J connectivity index is 0.996. The highest BCUT2D eigenvalue weighted by Gasteiger charge is 2.51. The predicted octanol–water partition coefficient (Wildman–Crippen LogP) is 6.22. The molecule has 1 heteroatoms. The monoisotopic (exact) mass is 342 g/mol. The molecule has 8 aliphatic rings. The van der Waals surface area contributed by atoms with Crippen molar-refractivity contribution in [2.75, 3.05) is 13.2 Å². The van der Waals surface area contributed by atoms with Crippen LogP contribution in [0, 0.1) is 46.3 Å². The Morgan fingerprint density at radius 3 is 1.04 bits per heavy atom. The summed E-state index contributed by atoms with van der Waals surface area (Å²) in [6.45, 7) is 2.14. The van der Waals surface area contributed by atoms with Crippen molar-refractivity contribution in [3.8, 4) is 0 Å². The Hall–Kier alpha value is -0.0400. The topological polar surface area (TPSA) is 9.23 Å². The summed E-state index contributed by atoms with van der Waals surface area (Å²) in [7, 11) is 0. The van der Waals surface area contributed by atoms with Gasteiger partial charge in [-0.1, -0.05) is 0 Å². The van der Waals surface area contributed by atoms with Gasteiger partial charge in [-0.05, 0) is 136 Å². The van der Waals surface area contributed by atoms with Crippen LogP contribution in [-0.2, 0) is 4.74 Å². The lowest BCUT2D eigenvalue weighted by atomic mass is 9.49. The second kappa shape index (κ2) is 5.73. The number of hydrogen-bond acceptors (Lipinski definition) is 1. The molecule has 8 aliphatic carbocycles. The smallest absolute Gasteiger partial charge is 0.0471 e. The fourth-order valence-corrected chi connectivity index (χ4v) is 9.87. The maximum absolute atomic E-state index is 6.31. The first-order valence-corrected chi connectivity index (χ1v) is 11.8. The molecule has 0 atom stereocenters. The molecule has 8 fully saturated rings. The summed E-state index contributed by atoms with van der Waals surface area (Å²) < 4.78 is 6.31. The van der Waals surface area contributed by atoms with Gasteiger partial charge in [-0.3, -0.25) is 0 Å². The van der Waals surface area contributed by atoms with Crippen LogP contribution in [0.15, 0.2) is 0 Å². The van der Waals surface area contributed by atoms with E-state index >= 15 is 0 Å². The number of rotatable bonds is 6. The molecule has 8 bridgehead atoms. The van der Waals surface area contributed by atoms with Crippen molar-refractivity contribution in [1.82, 2.24) is 0 Å². The molecular weight excluding hydrogens is 304 g/mol. The van der Waals surface area contributed by atoms with Crippen LogP contribution in [0.5, 0.6) is 0 Å². The minimum atomic E-state index is 0.718. The third kappa shape index (κ3) is 2.82. The summed E-state index contributed by atoms with van der Waals surface area (Å²) in [6, 6.07) is 0. The second-order valence-corrected chi connectivity index (χ2v) is 11.9. The van der Waals surface area contributed by atoms with Crippen LogP contribution in [0.3, 0.4) is 0 Å². The maximum atomic E-state index is 6.31. The average Bonchev–Trinajstić information content (AvgIpc) is 2.51. The summed E-state index contributed by atoms with van der Waals surface area (Å²) in [5.74, 6) is 6.57. The third-order valence-electron chi connectivity index (χ3n) is 9.88. The van der Waals surface area contributed by atoms with Crippen molar-refractivity contribution < 1.29 is 4.74 Å². The normalized spacial score (nSPS) is 55.2. The molecule has 1 nitrogen and oxygen atoms in total. The first kappa shape index (κ1) is 16.0. The minimum Gasteiger partial charge on any atom is -0.381 e. The summed E-state index contributed by atoms with van der Waals surface area (Å²) in [5, 5.41) is 0. The SMILES string of the molecule is C(CC12CC3CC(CC(C3)C1)C2)OCCC12CC3CC(CC(C3)C1)C2. The van der Waals surface area contributed by atoms with Gasteiger partial charge in [0.15, 0.2) is 0 Å². The average molecular weight is 343 g/mol. The third-order valence-corrected chi connectivity index (χ3v) is 9.88. The quantitative estimate of drug-likeness (QED) is 0.521. The van der Waals surface area contributed by atoms with E-state index in [-0.39, 0.29) is 0 Å². The van der Waals surface area contributed by atoms with E-state index in [4.69, 9.17) is 4.74 Å². The van der Waals surface area contributed by atoms with E-state index in [1.807, 2.05) is 0 Å². The zero-order valence-electron chi connectivity index (χ0n) is 16.2. The predicted molar refractivity (Wildman–Crippen MR) is 101 cm³/mol. The molecule has 25 heavy (non-hydrogen) atoms. The van der Waals surface area contributed by atoms with E-state index in [1.165, 1.54) is 12.8 Å². The van der Waals surface area contributed by atoms with E-state index in [1.54, 1.807) is 77.0 Å². The largest absolute Gasteiger partial charge is 0.381 e. The van der Waals surface area contributed by atoms with Gasteiger partial charge in [-0.25, -0.2) is 0 Å². The molecule has 0 aromatic heterocycles. The fraction of sp³-hybridized carbons (Fsp3) is 1.00. The molecule has 0 aliphatic heterocycles. The first-order valence-electron chi connectivity index (χ1n) is 11.8. The Labute approximate surface area is 154 Å². The van der Waals surface area contributed by atoms with Crippen molar-refractivity contribution in [3.05, 3.63) is 0 Å². The zero-order valence-corrected chi connectivity index (χ0v) is 16.2. The molecule has 0 aromatic rings. The van der Waals surface area contributed by atoms with Gasteiger partial charge in [0, 0.05) is 13.2 Å². The van der Waals surface area contributed by atoms with E-state index in [0.717, 1.165) is 59.6 Å². The summed E-state index contributed by atoms with van der Waals surface area (Å²) in [4.78, 5) is 0. The van der Waals surface area contributed by atoms with Crippen molar-refractivity contribution in [1.29, 1.82) is 0 Å². The van der Waals surface area contributed by atoms with E-state index in [2.05, 4.69) is 0 Å². The number of hydrogen-bond donors (Lipinski definition) is 0. The van der Waals surface area contributed by atoms with Crippen LogP contribution in [0.25, 0.3) is 0 Å². The van der Waals surface area contributed by atoms with Crippen LogP contribution in [0.1, 0.15) is 89.9 Å². The second-order valence-electron chi connectivity index (χ2n) is 11.9.